The number of nitrogens with zero attached hydrogens (tertiary/aromatic N) is 1. The standard InChI is InChI=1S/C18H26BNO3/c1-13-12-14(16(21)20-10-6-7-11-20)8-9-15(13)19-22-17(2,3)18(4,5)23-19/h8-9,12H,6-7,10-11H2,1-5H3. The minimum absolute atomic E-state index is 0.131. The Kier molecular flexibility index (Phi) is 4.05. The first-order chi connectivity index (χ1) is 10.7. The number of rotatable bonds is 2. The van der Waals surface area contributed by atoms with Crippen LogP contribution in [0.5, 0.6) is 0 Å². The molecule has 1 aromatic carbocycles. The van der Waals surface area contributed by atoms with Crippen molar-refractivity contribution in [2.75, 3.05) is 13.1 Å². The lowest BCUT2D eigenvalue weighted by Gasteiger charge is -2.32. The average Bonchev–Trinajstić information content (AvgIpc) is 3.05. The fourth-order valence-corrected chi connectivity index (χ4v) is 3.15. The highest BCUT2D eigenvalue weighted by Gasteiger charge is 2.52. The second-order valence-electron chi connectivity index (χ2n) is 7.66. The Morgan fingerprint density at radius 1 is 1.09 bits per heavy atom. The zero-order valence-corrected chi connectivity index (χ0v) is 14.8. The second-order valence-corrected chi connectivity index (χ2v) is 7.66. The van der Waals surface area contributed by atoms with Crippen LogP contribution < -0.4 is 5.46 Å². The summed E-state index contributed by atoms with van der Waals surface area (Å²) in [6.07, 6.45) is 2.22. The molecular formula is C18H26BNO3. The molecule has 5 heteroatoms. The summed E-state index contributed by atoms with van der Waals surface area (Å²) >= 11 is 0. The van der Waals surface area contributed by atoms with Gasteiger partial charge in [0.2, 0.25) is 0 Å². The molecule has 124 valence electrons. The van der Waals surface area contributed by atoms with Gasteiger partial charge in [-0.25, -0.2) is 0 Å². The molecule has 1 aromatic rings. The van der Waals surface area contributed by atoms with Crippen LogP contribution in [0.25, 0.3) is 0 Å². The number of likely N-dealkylation sites (tertiary alicyclic amines) is 1. The number of benzene rings is 1. The number of hydrogen-bond acceptors (Lipinski definition) is 3. The molecule has 2 aliphatic rings. The van der Waals surface area contributed by atoms with Gasteiger partial charge in [0, 0.05) is 18.7 Å². The number of carbonyl (C=O) groups excluding carboxylic acids is 1. The molecule has 2 fully saturated rings. The van der Waals surface area contributed by atoms with Crippen molar-refractivity contribution in [3.05, 3.63) is 29.3 Å². The highest BCUT2D eigenvalue weighted by Crippen LogP contribution is 2.36. The zero-order valence-electron chi connectivity index (χ0n) is 14.8. The van der Waals surface area contributed by atoms with Crippen LogP contribution in [0.2, 0.25) is 0 Å². The van der Waals surface area contributed by atoms with Crippen molar-refractivity contribution < 1.29 is 14.1 Å². The lowest BCUT2D eigenvalue weighted by atomic mass is 9.76. The molecule has 4 nitrogen and oxygen atoms in total. The molecule has 0 aromatic heterocycles. The van der Waals surface area contributed by atoms with Crippen LogP contribution in [-0.2, 0) is 9.31 Å². The van der Waals surface area contributed by atoms with E-state index in [0.29, 0.717) is 0 Å². The molecule has 1 amide bonds. The molecule has 0 N–H and O–H groups in total. The maximum atomic E-state index is 12.5. The van der Waals surface area contributed by atoms with Crippen LogP contribution in [0.3, 0.4) is 0 Å². The van der Waals surface area contributed by atoms with Gasteiger partial charge in [-0.3, -0.25) is 4.79 Å². The SMILES string of the molecule is Cc1cc(C(=O)N2CCCC2)ccc1B1OC(C)(C)C(C)(C)O1. The van der Waals surface area contributed by atoms with E-state index in [9.17, 15) is 4.79 Å². The first kappa shape index (κ1) is 16.5. The van der Waals surface area contributed by atoms with Crippen LogP contribution in [0.1, 0.15) is 56.5 Å². The Balaban J connectivity index is 1.82. The van der Waals surface area contributed by atoms with E-state index >= 15 is 0 Å². The zero-order chi connectivity index (χ0) is 16.8. The van der Waals surface area contributed by atoms with Gasteiger partial charge in [-0.1, -0.05) is 11.6 Å². The van der Waals surface area contributed by atoms with Crippen molar-refractivity contribution >= 4 is 18.5 Å². The Morgan fingerprint density at radius 3 is 2.17 bits per heavy atom. The van der Waals surface area contributed by atoms with Gasteiger partial charge < -0.3 is 14.2 Å². The molecule has 2 saturated heterocycles. The smallest absolute Gasteiger partial charge is 0.399 e. The average molecular weight is 315 g/mol. The summed E-state index contributed by atoms with van der Waals surface area (Å²) in [4.78, 5) is 14.4. The van der Waals surface area contributed by atoms with Gasteiger partial charge in [0.1, 0.15) is 0 Å². The van der Waals surface area contributed by atoms with Gasteiger partial charge in [0.25, 0.3) is 5.91 Å². The Labute approximate surface area is 139 Å². The van der Waals surface area contributed by atoms with E-state index in [1.54, 1.807) is 0 Å². The van der Waals surface area contributed by atoms with Crippen molar-refractivity contribution in [2.45, 2.75) is 58.7 Å². The predicted molar refractivity (Wildman–Crippen MR) is 92.0 cm³/mol. The van der Waals surface area contributed by atoms with Gasteiger partial charge in [0.15, 0.2) is 0 Å². The number of carbonyl (C=O) groups is 1. The fraction of sp³-hybridized carbons (Fsp3) is 0.611. The normalized spacial score (nSPS) is 22.7. The van der Waals surface area contributed by atoms with Crippen LogP contribution in [0.15, 0.2) is 18.2 Å². The van der Waals surface area contributed by atoms with Gasteiger partial charge in [-0.05, 0) is 65.1 Å². The van der Waals surface area contributed by atoms with E-state index in [-0.39, 0.29) is 24.2 Å². The van der Waals surface area contributed by atoms with Gasteiger partial charge in [-0.2, -0.15) is 0 Å². The maximum absolute atomic E-state index is 12.5. The van der Waals surface area contributed by atoms with Crippen LogP contribution in [-0.4, -0.2) is 42.2 Å². The van der Waals surface area contributed by atoms with E-state index in [0.717, 1.165) is 42.5 Å². The molecule has 0 spiro atoms. The predicted octanol–water partition coefficient (Wildman–Crippen LogP) is 2.53. The molecule has 0 bridgehead atoms. The topological polar surface area (TPSA) is 38.8 Å². The van der Waals surface area contributed by atoms with Crippen LogP contribution in [0.4, 0.5) is 0 Å². The molecule has 2 heterocycles. The largest absolute Gasteiger partial charge is 0.495 e. The first-order valence-electron chi connectivity index (χ1n) is 8.47. The number of amides is 1. The molecule has 3 rings (SSSR count). The van der Waals surface area contributed by atoms with E-state index in [1.165, 1.54) is 0 Å². The lowest BCUT2D eigenvalue weighted by Crippen LogP contribution is -2.41. The van der Waals surface area contributed by atoms with Gasteiger partial charge in [0.05, 0.1) is 11.2 Å². The molecule has 0 atom stereocenters. The minimum atomic E-state index is -0.379. The van der Waals surface area contributed by atoms with Crippen molar-refractivity contribution in [3.63, 3.8) is 0 Å². The highest BCUT2D eigenvalue weighted by atomic mass is 16.7. The molecular weight excluding hydrogens is 289 g/mol. The summed E-state index contributed by atoms with van der Waals surface area (Å²) in [5.41, 5.74) is 2.09. The van der Waals surface area contributed by atoms with Crippen molar-refractivity contribution in [1.82, 2.24) is 4.90 Å². The summed E-state index contributed by atoms with van der Waals surface area (Å²) in [7, 11) is -0.379. The third kappa shape index (κ3) is 2.92. The van der Waals surface area contributed by atoms with E-state index in [2.05, 4.69) is 0 Å². The monoisotopic (exact) mass is 315 g/mol. The fourth-order valence-electron chi connectivity index (χ4n) is 3.15. The third-order valence-electron chi connectivity index (χ3n) is 5.42. The van der Waals surface area contributed by atoms with E-state index in [1.807, 2.05) is 57.7 Å². The van der Waals surface area contributed by atoms with E-state index in [4.69, 9.17) is 9.31 Å². The Hall–Kier alpha value is -1.33. The minimum Gasteiger partial charge on any atom is -0.399 e. The summed E-state index contributed by atoms with van der Waals surface area (Å²) in [5.74, 6) is 0.131. The van der Waals surface area contributed by atoms with Crippen molar-refractivity contribution in [1.29, 1.82) is 0 Å². The van der Waals surface area contributed by atoms with Crippen LogP contribution in [0, 0.1) is 6.92 Å². The van der Waals surface area contributed by atoms with Gasteiger partial charge in [-0.15, -0.1) is 0 Å². The van der Waals surface area contributed by atoms with E-state index < -0.39 is 0 Å². The van der Waals surface area contributed by atoms with Crippen molar-refractivity contribution in [2.24, 2.45) is 0 Å². The van der Waals surface area contributed by atoms with Crippen molar-refractivity contribution in [3.8, 4) is 0 Å². The molecule has 0 unspecified atom stereocenters. The molecule has 23 heavy (non-hydrogen) atoms. The summed E-state index contributed by atoms with van der Waals surface area (Å²) in [5, 5.41) is 0. The Morgan fingerprint density at radius 2 is 1.65 bits per heavy atom. The van der Waals surface area contributed by atoms with Gasteiger partial charge >= 0.3 is 7.12 Å². The summed E-state index contributed by atoms with van der Waals surface area (Å²) in [6, 6.07) is 5.83. The first-order valence-corrected chi connectivity index (χ1v) is 8.47. The summed E-state index contributed by atoms with van der Waals surface area (Å²) in [6.45, 7) is 12.0. The second kappa shape index (κ2) is 5.64. The third-order valence-corrected chi connectivity index (χ3v) is 5.42. The molecule has 0 saturated carbocycles. The Bertz CT molecular complexity index is 605. The maximum Gasteiger partial charge on any atom is 0.495 e. The number of aryl methyl sites for hydroxylation is 1. The summed E-state index contributed by atoms with van der Waals surface area (Å²) < 4.78 is 12.2. The number of hydrogen-bond donors (Lipinski definition) is 0. The van der Waals surface area contributed by atoms with Crippen LogP contribution >= 0.6 is 0 Å². The highest BCUT2D eigenvalue weighted by molar-refractivity contribution is 6.62. The quantitative estimate of drug-likeness (QED) is 0.787. The lowest BCUT2D eigenvalue weighted by molar-refractivity contribution is 0.00578. The molecule has 0 radical (unpaired) electrons. The molecule has 2 aliphatic heterocycles. The molecule has 0 aliphatic carbocycles.